The number of hydrogen-bond donors (Lipinski definition) is 2. The second-order valence-electron chi connectivity index (χ2n) is 10.9. The Morgan fingerprint density at radius 3 is 2.19 bits per heavy atom. The molecular formula is C33H33N5O13S. The number of aromatic amines is 1. The van der Waals surface area contributed by atoms with E-state index < -0.39 is 66.8 Å². The summed E-state index contributed by atoms with van der Waals surface area (Å²) < 4.78 is 31.6. The number of hydrogen-bond acceptors (Lipinski definition) is 17. The van der Waals surface area contributed by atoms with Gasteiger partial charge in [-0.3, -0.25) is 33.6 Å². The molecule has 0 saturated heterocycles. The molecule has 0 aliphatic carbocycles. The predicted octanol–water partition coefficient (Wildman–Crippen LogP) is 2.22. The summed E-state index contributed by atoms with van der Waals surface area (Å²) in [6.45, 7) is 4.52. The average Bonchev–Trinajstić information content (AvgIpc) is 3.55. The van der Waals surface area contributed by atoms with Crippen LogP contribution in [0.1, 0.15) is 34.6 Å². The Labute approximate surface area is 298 Å². The van der Waals surface area contributed by atoms with Crippen LogP contribution in [0.15, 0.2) is 62.1 Å². The zero-order valence-electron chi connectivity index (χ0n) is 28.4. The zero-order valence-corrected chi connectivity index (χ0v) is 29.2. The van der Waals surface area contributed by atoms with Crippen molar-refractivity contribution < 1.29 is 56.9 Å². The van der Waals surface area contributed by atoms with Crippen LogP contribution in [0.25, 0.3) is 33.1 Å². The van der Waals surface area contributed by atoms with Crippen molar-refractivity contribution in [2.24, 2.45) is 5.10 Å². The van der Waals surface area contributed by atoms with Crippen molar-refractivity contribution in [3.05, 3.63) is 52.8 Å². The molecule has 0 fully saturated rings. The summed E-state index contributed by atoms with van der Waals surface area (Å²) in [4.78, 5) is 88.6. The van der Waals surface area contributed by atoms with Crippen molar-refractivity contribution in [3.63, 3.8) is 0 Å². The lowest BCUT2D eigenvalue weighted by Gasteiger charge is -2.34. The summed E-state index contributed by atoms with van der Waals surface area (Å²) >= 11 is 0.828. The van der Waals surface area contributed by atoms with E-state index in [1.807, 2.05) is 30.3 Å². The van der Waals surface area contributed by atoms with Crippen molar-refractivity contribution in [2.45, 2.75) is 64.3 Å². The van der Waals surface area contributed by atoms with Crippen molar-refractivity contribution in [3.8, 4) is 11.5 Å². The van der Waals surface area contributed by atoms with Gasteiger partial charge in [-0.2, -0.15) is 5.10 Å². The molecular weight excluding hydrogens is 706 g/mol. The molecule has 52 heavy (non-hydrogen) atoms. The number of pyridine rings is 1. The van der Waals surface area contributed by atoms with Crippen molar-refractivity contribution in [2.75, 3.05) is 12.4 Å². The minimum absolute atomic E-state index is 0.0339. The first-order valence-electron chi connectivity index (χ1n) is 15.4. The molecule has 4 atom stereocenters. The molecule has 0 saturated carbocycles. The molecule has 0 aliphatic heterocycles. The lowest BCUT2D eigenvalue weighted by Crippen LogP contribution is -2.53. The van der Waals surface area contributed by atoms with Crippen molar-refractivity contribution in [1.29, 1.82) is 0 Å². The summed E-state index contributed by atoms with van der Waals surface area (Å²) in [5.74, 6) is -5.47. The van der Waals surface area contributed by atoms with E-state index in [2.05, 4.69) is 25.7 Å². The summed E-state index contributed by atoms with van der Waals surface area (Å²) in [7, 11) is 0. The molecule has 19 heteroatoms. The minimum atomic E-state index is -1.71. The molecule has 2 aromatic heterocycles. The Balaban J connectivity index is 1.48. The van der Waals surface area contributed by atoms with Crippen LogP contribution in [0.5, 0.6) is 0 Å². The molecule has 18 nitrogen and oxygen atoms in total. The van der Waals surface area contributed by atoms with Crippen molar-refractivity contribution in [1.82, 2.24) is 20.6 Å². The van der Waals surface area contributed by atoms with Crippen LogP contribution >= 0.6 is 11.8 Å². The topological polar surface area (TPSA) is 245 Å². The van der Waals surface area contributed by atoms with E-state index in [9.17, 15) is 33.6 Å². The molecule has 274 valence electrons. The first kappa shape index (κ1) is 38.7. The summed E-state index contributed by atoms with van der Waals surface area (Å²) in [6, 6.07) is 11.1. The zero-order chi connectivity index (χ0) is 37.9. The molecule has 2 heterocycles. The van der Waals surface area contributed by atoms with Crippen molar-refractivity contribution >= 4 is 75.4 Å². The highest BCUT2D eigenvalue weighted by Gasteiger charge is 2.43. The highest BCUT2D eigenvalue weighted by Crippen LogP contribution is 2.26. The normalized spacial score (nSPS) is 13.5. The third-order valence-corrected chi connectivity index (χ3v) is 7.66. The number of hydrazone groups is 1. The van der Waals surface area contributed by atoms with E-state index in [0.29, 0.717) is 10.9 Å². The van der Waals surface area contributed by atoms with Crippen LogP contribution in [0.4, 0.5) is 0 Å². The van der Waals surface area contributed by atoms with Gasteiger partial charge in [-0.05, 0) is 11.5 Å². The van der Waals surface area contributed by atoms with Gasteiger partial charge in [0.15, 0.2) is 24.4 Å². The van der Waals surface area contributed by atoms with E-state index in [1.54, 1.807) is 6.07 Å². The largest absolute Gasteiger partial charge is 0.462 e. The number of esters is 5. The third kappa shape index (κ3) is 10.5. The van der Waals surface area contributed by atoms with Gasteiger partial charge in [0.05, 0.1) is 17.5 Å². The van der Waals surface area contributed by atoms with E-state index >= 15 is 0 Å². The highest BCUT2D eigenvalue weighted by molar-refractivity contribution is 7.99. The van der Waals surface area contributed by atoms with E-state index in [4.69, 9.17) is 28.1 Å². The summed E-state index contributed by atoms with van der Waals surface area (Å²) in [5.41, 5.74) is 2.65. The number of rotatable bonds is 15. The van der Waals surface area contributed by atoms with Gasteiger partial charge in [-0.1, -0.05) is 42.1 Å². The number of benzene rings is 2. The smallest absolute Gasteiger partial charge is 0.303 e. The number of fused-ring (bicyclic) bond motifs is 3. The molecule has 2 aromatic carbocycles. The van der Waals surface area contributed by atoms with E-state index in [1.165, 1.54) is 6.20 Å². The number of H-pyrrole nitrogens is 1. The van der Waals surface area contributed by atoms with Crippen LogP contribution in [0.3, 0.4) is 0 Å². The molecule has 2 N–H and O–H groups in total. The van der Waals surface area contributed by atoms with Gasteiger partial charge in [0.1, 0.15) is 12.2 Å². The van der Waals surface area contributed by atoms with E-state index in [0.717, 1.165) is 63.4 Å². The monoisotopic (exact) mass is 739 g/mol. The maximum absolute atomic E-state index is 13.3. The fourth-order valence-corrected chi connectivity index (χ4v) is 5.45. The Morgan fingerprint density at radius 1 is 0.846 bits per heavy atom. The maximum Gasteiger partial charge on any atom is 0.303 e. The quantitative estimate of drug-likeness (QED) is 0.0443. The van der Waals surface area contributed by atoms with Gasteiger partial charge in [-0.25, -0.2) is 5.43 Å². The number of aromatic nitrogens is 3. The van der Waals surface area contributed by atoms with E-state index in [-0.39, 0.29) is 27.9 Å². The standard InChI is InChI=1S/C33H33N5O13S/c1-16(39)46-14-26(48-18(3)41)31(50-20(5)43)30(49-19(4)42)25(47-17(2)40)13-35-36-27(44)15-52-33-38-37-32(51-33)24-12-34-28-22-9-7-6-8-21(22)10-11-23(28)29(24)45/h6-13,25-26,30-31H,14-15H2,1-5H3,(H,34,45)(H,36,44)/b35-13+/t25-,26+,30+,31-/m0/s1. The number of amides is 1. The molecule has 0 unspecified atom stereocenters. The molecule has 4 aromatic rings. The van der Waals surface area contributed by atoms with Crippen LogP contribution in [0, 0.1) is 0 Å². The number of ether oxygens (including phenoxy) is 5. The lowest BCUT2D eigenvalue weighted by molar-refractivity contribution is -0.197. The molecule has 0 aliphatic rings. The van der Waals surface area contributed by atoms with Gasteiger partial charge in [0.2, 0.25) is 5.43 Å². The van der Waals surface area contributed by atoms with Gasteiger partial charge >= 0.3 is 29.8 Å². The average molecular weight is 740 g/mol. The first-order chi connectivity index (χ1) is 24.7. The Kier molecular flexibility index (Phi) is 13.2. The first-order valence-corrected chi connectivity index (χ1v) is 16.4. The number of nitrogens with one attached hydrogen (secondary N) is 2. The van der Waals surface area contributed by atoms with Gasteiger partial charge < -0.3 is 33.1 Å². The third-order valence-electron chi connectivity index (χ3n) is 6.84. The SMILES string of the molecule is CC(=O)OC[C@@H](OC(C)=O)[C@H](OC(C)=O)[C@H](OC(C)=O)[C@H](/C=N/NC(=O)CSc1nnc(-c2c[nH]c3c(ccc4ccccc43)c2=O)o1)OC(C)=O. The lowest BCUT2D eigenvalue weighted by atomic mass is 10.0. The van der Waals surface area contributed by atoms with Crippen LogP contribution in [0.2, 0.25) is 0 Å². The Bertz CT molecular complexity index is 2080. The number of thioether (sulfide) groups is 1. The maximum atomic E-state index is 13.3. The second kappa shape index (κ2) is 17.7. The van der Waals surface area contributed by atoms with Crippen LogP contribution < -0.4 is 10.9 Å². The Morgan fingerprint density at radius 2 is 1.52 bits per heavy atom. The molecule has 0 radical (unpaired) electrons. The fraction of sp³-hybridized carbons (Fsp3) is 0.333. The highest BCUT2D eigenvalue weighted by atomic mass is 32.2. The molecule has 0 spiro atoms. The molecule has 1 amide bonds. The van der Waals surface area contributed by atoms with Gasteiger partial charge in [0.25, 0.3) is 17.0 Å². The Hall–Kier alpha value is -6.11. The minimum Gasteiger partial charge on any atom is -0.462 e. The predicted molar refractivity (Wildman–Crippen MR) is 182 cm³/mol. The summed E-state index contributed by atoms with van der Waals surface area (Å²) in [5, 5.41) is 13.8. The molecule has 0 bridgehead atoms. The number of carbonyl (C=O) groups excluding carboxylic acids is 6. The number of nitrogens with zero attached hydrogens (tertiary/aromatic N) is 3. The molecule has 4 rings (SSSR count). The fourth-order valence-electron chi connectivity index (χ4n) is 4.89. The number of carbonyl (C=O) groups is 6. The van der Waals surface area contributed by atoms with Gasteiger partial charge in [-0.15, -0.1) is 10.2 Å². The summed E-state index contributed by atoms with van der Waals surface area (Å²) in [6.07, 6.45) is -4.21. The van der Waals surface area contributed by atoms with Gasteiger partial charge in [0, 0.05) is 51.6 Å². The second-order valence-corrected chi connectivity index (χ2v) is 11.8. The van der Waals surface area contributed by atoms with Crippen LogP contribution in [-0.4, -0.2) is 93.9 Å². The van der Waals surface area contributed by atoms with Crippen LogP contribution in [-0.2, 0) is 52.5 Å².